The van der Waals surface area contributed by atoms with Gasteiger partial charge in [-0.25, -0.2) is 9.67 Å². The van der Waals surface area contributed by atoms with E-state index in [1.807, 2.05) is 48.1 Å². The number of aliphatic imine (C=N–C) groups is 1. The van der Waals surface area contributed by atoms with Crippen LogP contribution in [0.3, 0.4) is 0 Å². The fourth-order valence-electron chi connectivity index (χ4n) is 2.77. The van der Waals surface area contributed by atoms with Crippen LogP contribution in [0.25, 0.3) is 5.69 Å². The average Bonchev–Trinajstić information content (AvgIpc) is 3.40. The Hall–Kier alpha value is -3.28. The van der Waals surface area contributed by atoms with Crippen LogP contribution in [0.1, 0.15) is 31.2 Å². The van der Waals surface area contributed by atoms with E-state index in [1.165, 1.54) is 0 Å². The Morgan fingerprint density at radius 2 is 2.18 bits per heavy atom. The molecule has 0 bridgehead atoms. The van der Waals surface area contributed by atoms with Crippen molar-refractivity contribution in [2.24, 2.45) is 4.99 Å². The lowest BCUT2D eigenvalue weighted by molar-refractivity contribution is 0.506. The van der Waals surface area contributed by atoms with E-state index < -0.39 is 0 Å². The highest BCUT2D eigenvalue weighted by Gasteiger charge is 2.10. The van der Waals surface area contributed by atoms with Crippen LogP contribution in [-0.2, 0) is 6.42 Å². The number of aromatic nitrogens is 2. The molecule has 0 aliphatic heterocycles. The van der Waals surface area contributed by atoms with Gasteiger partial charge in [-0.1, -0.05) is 24.3 Å². The van der Waals surface area contributed by atoms with E-state index in [9.17, 15) is 0 Å². The fraction of sp³-hybridized carbons (Fsp3) is 0.273. The van der Waals surface area contributed by atoms with Crippen molar-refractivity contribution in [3.05, 3.63) is 84.6 Å². The minimum Gasteiger partial charge on any atom is -0.469 e. The van der Waals surface area contributed by atoms with Crippen molar-refractivity contribution in [2.75, 3.05) is 13.1 Å². The Morgan fingerprint density at radius 3 is 2.89 bits per heavy atom. The first kappa shape index (κ1) is 19.5. The molecular weight excluding hydrogens is 350 g/mol. The smallest absolute Gasteiger partial charge is 0.192 e. The highest BCUT2D eigenvalue weighted by atomic mass is 16.3. The molecule has 2 aromatic heterocycles. The fourth-order valence-corrected chi connectivity index (χ4v) is 2.77. The van der Waals surface area contributed by atoms with E-state index in [2.05, 4.69) is 46.4 Å². The molecule has 0 aliphatic rings. The minimum absolute atomic E-state index is 0.0792. The zero-order valence-corrected chi connectivity index (χ0v) is 16.4. The van der Waals surface area contributed by atoms with Gasteiger partial charge in [0.25, 0.3) is 0 Å². The van der Waals surface area contributed by atoms with Crippen LogP contribution in [-0.4, -0.2) is 28.8 Å². The van der Waals surface area contributed by atoms with Crippen LogP contribution >= 0.6 is 0 Å². The number of hydrogen-bond acceptors (Lipinski definition) is 3. The van der Waals surface area contributed by atoms with Gasteiger partial charge in [-0.05, 0) is 49.7 Å². The summed E-state index contributed by atoms with van der Waals surface area (Å²) < 4.78 is 7.24. The lowest BCUT2D eigenvalue weighted by atomic mass is 10.1. The zero-order chi connectivity index (χ0) is 19.8. The number of nitrogens with one attached hydrogen (secondary N) is 2. The summed E-state index contributed by atoms with van der Waals surface area (Å²) in [7, 11) is 0. The lowest BCUT2D eigenvalue weighted by Crippen LogP contribution is -2.40. The van der Waals surface area contributed by atoms with Crippen LogP contribution < -0.4 is 10.6 Å². The summed E-state index contributed by atoms with van der Waals surface area (Å²) in [6.45, 7) is 9.34. The SMILES string of the molecule is C=C(C)CN=C(NCCc1ccco1)NC(C)c1cccc(-n2cccn2)c1. The number of guanidine groups is 1. The van der Waals surface area contributed by atoms with Gasteiger partial charge in [0.15, 0.2) is 5.96 Å². The van der Waals surface area contributed by atoms with Gasteiger partial charge in [-0.15, -0.1) is 0 Å². The van der Waals surface area contributed by atoms with Crippen molar-refractivity contribution in [3.8, 4) is 5.69 Å². The molecule has 6 heteroatoms. The Morgan fingerprint density at radius 1 is 1.29 bits per heavy atom. The third-order valence-electron chi connectivity index (χ3n) is 4.24. The second-order valence-electron chi connectivity index (χ2n) is 6.79. The first-order chi connectivity index (χ1) is 13.6. The number of hydrogen-bond donors (Lipinski definition) is 2. The Balaban J connectivity index is 1.66. The highest BCUT2D eigenvalue weighted by Crippen LogP contribution is 2.16. The van der Waals surface area contributed by atoms with E-state index >= 15 is 0 Å². The molecule has 0 amide bonds. The van der Waals surface area contributed by atoms with Crippen molar-refractivity contribution in [1.82, 2.24) is 20.4 Å². The molecule has 1 atom stereocenters. The van der Waals surface area contributed by atoms with E-state index in [0.717, 1.165) is 41.5 Å². The van der Waals surface area contributed by atoms with E-state index in [4.69, 9.17) is 4.42 Å². The first-order valence-electron chi connectivity index (χ1n) is 9.43. The molecule has 0 fully saturated rings. The van der Waals surface area contributed by atoms with Crippen LogP contribution in [0.5, 0.6) is 0 Å². The molecule has 3 rings (SSSR count). The van der Waals surface area contributed by atoms with Crippen molar-refractivity contribution in [3.63, 3.8) is 0 Å². The van der Waals surface area contributed by atoms with Crippen LogP contribution in [0.4, 0.5) is 0 Å². The summed E-state index contributed by atoms with van der Waals surface area (Å²) in [5.74, 6) is 1.71. The molecule has 0 saturated heterocycles. The van der Waals surface area contributed by atoms with Gasteiger partial charge in [0.05, 0.1) is 24.5 Å². The molecule has 0 saturated carbocycles. The second-order valence-corrected chi connectivity index (χ2v) is 6.79. The third-order valence-corrected chi connectivity index (χ3v) is 4.24. The summed E-state index contributed by atoms with van der Waals surface area (Å²) in [5.41, 5.74) is 3.20. The molecule has 0 aliphatic carbocycles. The normalized spacial score (nSPS) is 12.6. The lowest BCUT2D eigenvalue weighted by Gasteiger charge is -2.19. The van der Waals surface area contributed by atoms with E-state index in [0.29, 0.717) is 6.54 Å². The summed E-state index contributed by atoms with van der Waals surface area (Å²) in [4.78, 5) is 4.63. The Bertz CT molecular complexity index is 897. The Labute approximate surface area is 166 Å². The predicted octanol–water partition coefficient (Wildman–Crippen LogP) is 3.88. The summed E-state index contributed by atoms with van der Waals surface area (Å²) in [6.07, 6.45) is 6.20. The van der Waals surface area contributed by atoms with Gasteiger partial charge in [0, 0.05) is 25.4 Å². The van der Waals surface area contributed by atoms with Gasteiger partial charge in [0.1, 0.15) is 5.76 Å². The monoisotopic (exact) mass is 377 g/mol. The van der Waals surface area contributed by atoms with Crippen LogP contribution in [0.15, 0.2) is 82.7 Å². The molecule has 0 radical (unpaired) electrons. The quantitative estimate of drug-likeness (QED) is 0.355. The maximum absolute atomic E-state index is 5.39. The summed E-state index contributed by atoms with van der Waals surface area (Å²) >= 11 is 0. The second kappa shape index (κ2) is 9.60. The van der Waals surface area contributed by atoms with Gasteiger partial charge in [-0.2, -0.15) is 5.10 Å². The topological polar surface area (TPSA) is 67.4 Å². The van der Waals surface area contributed by atoms with Gasteiger partial charge in [-0.3, -0.25) is 0 Å². The predicted molar refractivity (Wildman–Crippen MR) is 113 cm³/mol. The van der Waals surface area contributed by atoms with Crippen LogP contribution in [0, 0.1) is 0 Å². The van der Waals surface area contributed by atoms with Crippen LogP contribution in [0.2, 0.25) is 0 Å². The molecule has 28 heavy (non-hydrogen) atoms. The molecule has 1 aromatic carbocycles. The molecule has 2 heterocycles. The maximum Gasteiger partial charge on any atom is 0.192 e. The van der Waals surface area contributed by atoms with Crippen molar-refractivity contribution >= 4 is 5.96 Å². The van der Waals surface area contributed by atoms with Crippen molar-refractivity contribution in [1.29, 1.82) is 0 Å². The van der Waals surface area contributed by atoms with Crippen molar-refractivity contribution in [2.45, 2.75) is 26.3 Å². The minimum atomic E-state index is 0.0792. The largest absolute Gasteiger partial charge is 0.469 e. The molecule has 2 N–H and O–H groups in total. The standard InChI is InChI=1S/C22H27N5O/c1-17(2)16-24-22(23-12-10-21-9-5-14-28-21)26-18(3)19-7-4-8-20(15-19)27-13-6-11-25-27/h4-9,11,13-15,18H,1,10,12,16H2,2-3H3,(H2,23,24,26). The number of rotatable bonds is 8. The van der Waals surface area contributed by atoms with Gasteiger partial charge in [0.2, 0.25) is 0 Å². The summed E-state index contributed by atoms with van der Waals surface area (Å²) in [6, 6.07) is 14.2. The Kier molecular flexibility index (Phi) is 6.68. The first-order valence-corrected chi connectivity index (χ1v) is 9.43. The highest BCUT2D eigenvalue weighted by molar-refractivity contribution is 5.80. The molecule has 6 nitrogen and oxygen atoms in total. The zero-order valence-electron chi connectivity index (χ0n) is 16.4. The van der Waals surface area contributed by atoms with Gasteiger partial charge < -0.3 is 15.1 Å². The van der Waals surface area contributed by atoms with Crippen molar-refractivity contribution < 1.29 is 4.42 Å². The number of benzene rings is 1. The average molecular weight is 377 g/mol. The third kappa shape index (κ3) is 5.61. The maximum atomic E-state index is 5.39. The molecule has 1 unspecified atom stereocenters. The summed E-state index contributed by atoms with van der Waals surface area (Å²) in [5, 5.41) is 11.2. The molecular formula is C22H27N5O. The number of furan rings is 1. The molecule has 0 spiro atoms. The number of nitrogens with zero attached hydrogens (tertiary/aromatic N) is 3. The van der Waals surface area contributed by atoms with Gasteiger partial charge >= 0.3 is 0 Å². The van der Waals surface area contributed by atoms with E-state index in [1.54, 1.807) is 12.5 Å². The molecule has 3 aromatic rings. The molecule has 146 valence electrons. The van der Waals surface area contributed by atoms with E-state index in [-0.39, 0.29) is 6.04 Å².